The van der Waals surface area contributed by atoms with Crippen molar-refractivity contribution in [1.82, 2.24) is 0 Å². The molecule has 0 fully saturated rings. The van der Waals surface area contributed by atoms with Crippen molar-refractivity contribution in [2.75, 3.05) is 0 Å². The SMILES string of the molecule is CC(C)=CC[C@H]1C(O)=C(C(=O)CC(C)C)C(=O)[C@@H]1O. The number of carbonyl (C=O) groups is 2. The Bertz CT molecular complexity index is 439. The molecule has 0 saturated carbocycles. The van der Waals surface area contributed by atoms with Gasteiger partial charge in [-0.2, -0.15) is 0 Å². The molecular formula is C15H22O4. The summed E-state index contributed by atoms with van der Waals surface area (Å²) >= 11 is 0. The van der Waals surface area contributed by atoms with Crippen LogP contribution in [0.25, 0.3) is 0 Å². The maximum absolute atomic E-state index is 11.9. The molecular weight excluding hydrogens is 244 g/mol. The molecule has 0 radical (unpaired) electrons. The van der Waals surface area contributed by atoms with Crippen molar-refractivity contribution in [2.24, 2.45) is 11.8 Å². The third-order valence-electron chi connectivity index (χ3n) is 3.16. The second-order valence-electron chi connectivity index (χ2n) is 5.71. The largest absolute Gasteiger partial charge is 0.511 e. The first-order valence-corrected chi connectivity index (χ1v) is 6.57. The molecule has 0 amide bonds. The van der Waals surface area contributed by atoms with Gasteiger partial charge in [-0.1, -0.05) is 25.5 Å². The Morgan fingerprint density at radius 3 is 2.42 bits per heavy atom. The van der Waals surface area contributed by atoms with Crippen molar-refractivity contribution in [1.29, 1.82) is 0 Å². The second-order valence-corrected chi connectivity index (χ2v) is 5.71. The number of hydrogen-bond acceptors (Lipinski definition) is 4. The highest BCUT2D eigenvalue weighted by Gasteiger charge is 2.43. The minimum Gasteiger partial charge on any atom is -0.511 e. The summed E-state index contributed by atoms with van der Waals surface area (Å²) in [7, 11) is 0. The Labute approximate surface area is 113 Å². The molecule has 0 aliphatic heterocycles. The highest BCUT2D eigenvalue weighted by Crippen LogP contribution is 2.32. The molecule has 19 heavy (non-hydrogen) atoms. The molecule has 0 bridgehead atoms. The molecule has 0 heterocycles. The number of allylic oxidation sites excluding steroid dienone is 2. The lowest BCUT2D eigenvalue weighted by atomic mass is 9.99. The lowest BCUT2D eigenvalue weighted by Gasteiger charge is -2.11. The first-order valence-electron chi connectivity index (χ1n) is 6.57. The van der Waals surface area contributed by atoms with Gasteiger partial charge >= 0.3 is 0 Å². The minimum atomic E-state index is -1.30. The van der Waals surface area contributed by atoms with Crippen molar-refractivity contribution < 1.29 is 19.8 Å². The maximum Gasteiger partial charge on any atom is 0.199 e. The fourth-order valence-corrected chi connectivity index (χ4v) is 2.15. The van der Waals surface area contributed by atoms with E-state index in [0.29, 0.717) is 6.42 Å². The van der Waals surface area contributed by atoms with Crippen LogP contribution in [0.1, 0.15) is 40.5 Å². The van der Waals surface area contributed by atoms with E-state index in [2.05, 4.69) is 0 Å². The van der Waals surface area contributed by atoms with Gasteiger partial charge in [0.15, 0.2) is 11.6 Å². The van der Waals surface area contributed by atoms with E-state index >= 15 is 0 Å². The standard InChI is InChI=1S/C15H22O4/c1-8(2)5-6-10-13(17)12(15(19)14(10)18)11(16)7-9(3)4/h5,9-10,14,17-18H,6-7H2,1-4H3/t10-,14+/m0/s1. The summed E-state index contributed by atoms with van der Waals surface area (Å²) in [5.74, 6) is -1.85. The molecule has 1 rings (SSSR count). The van der Waals surface area contributed by atoms with Crippen LogP contribution in [0.15, 0.2) is 23.0 Å². The summed E-state index contributed by atoms with van der Waals surface area (Å²) in [5, 5.41) is 19.9. The van der Waals surface area contributed by atoms with Crippen molar-refractivity contribution in [3.05, 3.63) is 23.0 Å². The minimum absolute atomic E-state index is 0.106. The smallest absolute Gasteiger partial charge is 0.199 e. The zero-order valence-electron chi connectivity index (χ0n) is 11.9. The van der Waals surface area contributed by atoms with Gasteiger partial charge in [-0.15, -0.1) is 0 Å². The van der Waals surface area contributed by atoms with Crippen LogP contribution in [0.4, 0.5) is 0 Å². The van der Waals surface area contributed by atoms with Crippen LogP contribution in [0.5, 0.6) is 0 Å². The molecule has 0 saturated heterocycles. The van der Waals surface area contributed by atoms with Gasteiger partial charge in [0.1, 0.15) is 17.4 Å². The maximum atomic E-state index is 11.9. The summed E-state index contributed by atoms with van der Waals surface area (Å²) in [6.45, 7) is 7.53. The Balaban J connectivity index is 2.99. The van der Waals surface area contributed by atoms with Crippen molar-refractivity contribution in [3.63, 3.8) is 0 Å². The van der Waals surface area contributed by atoms with E-state index in [0.717, 1.165) is 5.57 Å². The van der Waals surface area contributed by atoms with Gasteiger partial charge in [0.25, 0.3) is 0 Å². The molecule has 1 aliphatic carbocycles. The van der Waals surface area contributed by atoms with E-state index in [9.17, 15) is 19.8 Å². The second kappa shape index (κ2) is 6.15. The van der Waals surface area contributed by atoms with Crippen LogP contribution < -0.4 is 0 Å². The van der Waals surface area contributed by atoms with Crippen LogP contribution in [0, 0.1) is 11.8 Å². The van der Waals surface area contributed by atoms with Gasteiger partial charge in [-0.3, -0.25) is 9.59 Å². The number of Topliss-reactive ketones (excluding diaryl/α,β-unsaturated/α-hetero) is 2. The average molecular weight is 266 g/mol. The molecule has 0 spiro atoms. The van der Waals surface area contributed by atoms with Gasteiger partial charge < -0.3 is 10.2 Å². The fraction of sp³-hybridized carbons (Fsp3) is 0.600. The number of aliphatic hydroxyl groups excluding tert-OH is 2. The van der Waals surface area contributed by atoms with Crippen molar-refractivity contribution in [3.8, 4) is 0 Å². The highest BCUT2D eigenvalue weighted by atomic mass is 16.3. The lowest BCUT2D eigenvalue weighted by Crippen LogP contribution is -2.25. The van der Waals surface area contributed by atoms with Gasteiger partial charge in [0.2, 0.25) is 0 Å². The predicted octanol–water partition coefficient (Wildman–Crippen LogP) is 2.33. The lowest BCUT2D eigenvalue weighted by molar-refractivity contribution is -0.126. The Morgan fingerprint density at radius 1 is 1.37 bits per heavy atom. The summed E-state index contributed by atoms with van der Waals surface area (Å²) in [4.78, 5) is 23.8. The van der Waals surface area contributed by atoms with E-state index < -0.39 is 17.8 Å². The molecule has 0 aromatic heterocycles. The molecule has 106 valence electrons. The molecule has 4 nitrogen and oxygen atoms in total. The third-order valence-corrected chi connectivity index (χ3v) is 3.16. The van der Waals surface area contributed by atoms with Gasteiger partial charge in [0.05, 0.1) is 5.92 Å². The zero-order chi connectivity index (χ0) is 14.7. The number of aliphatic hydroxyl groups is 2. The van der Waals surface area contributed by atoms with Gasteiger partial charge in [-0.25, -0.2) is 0 Å². The first-order chi connectivity index (χ1) is 8.75. The zero-order valence-corrected chi connectivity index (χ0v) is 11.9. The molecule has 2 atom stereocenters. The topological polar surface area (TPSA) is 74.6 Å². The summed E-state index contributed by atoms with van der Waals surface area (Å²) in [6, 6.07) is 0. The summed E-state index contributed by atoms with van der Waals surface area (Å²) < 4.78 is 0. The van der Waals surface area contributed by atoms with E-state index in [1.54, 1.807) is 0 Å². The summed E-state index contributed by atoms with van der Waals surface area (Å²) in [5.41, 5.74) is 0.836. The summed E-state index contributed by atoms with van der Waals surface area (Å²) in [6.07, 6.45) is 1.10. The number of rotatable bonds is 5. The monoisotopic (exact) mass is 266 g/mol. The Kier molecular flexibility index (Phi) is 5.06. The first kappa shape index (κ1) is 15.6. The van der Waals surface area contributed by atoms with Crippen molar-refractivity contribution in [2.45, 2.75) is 46.6 Å². The molecule has 0 aromatic carbocycles. The third kappa shape index (κ3) is 3.53. The molecule has 1 aliphatic rings. The van der Waals surface area contributed by atoms with Crippen LogP contribution in [0.3, 0.4) is 0 Å². The van der Waals surface area contributed by atoms with Gasteiger partial charge in [0, 0.05) is 6.42 Å². The normalized spacial score (nSPS) is 23.2. The number of ketones is 2. The number of carbonyl (C=O) groups excluding carboxylic acids is 2. The Morgan fingerprint density at radius 2 is 1.95 bits per heavy atom. The van der Waals surface area contributed by atoms with Crippen LogP contribution in [-0.2, 0) is 9.59 Å². The van der Waals surface area contributed by atoms with Crippen molar-refractivity contribution >= 4 is 11.6 Å². The molecule has 0 aromatic rings. The fourth-order valence-electron chi connectivity index (χ4n) is 2.15. The van der Waals surface area contributed by atoms with E-state index in [1.165, 1.54) is 0 Å². The quantitative estimate of drug-likeness (QED) is 0.591. The predicted molar refractivity (Wildman–Crippen MR) is 72.7 cm³/mol. The van der Waals surface area contributed by atoms with Crippen LogP contribution >= 0.6 is 0 Å². The molecule has 0 unspecified atom stereocenters. The Hall–Kier alpha value is -1.42. The van der Waals surface area contributed by atoms with Crippen LogP contribution in [-0.4, -0.2) is 27.9 Å². The van der Waals surface area contributed by atoms with Gasteiger partial charge in [-0.05, 0) is 26.2 Å². The van der Waals surface area contributed by atoms with E-state index in [1.807, 2.05) is 33.8 Å². The van der Waals surface area contributed by atoms with E-state index in [4.69, 9.17) is 0 Å². The number of hydrogen-bond donors (Lipinski definition) is 2. The molecule has 2 N–H and O–H groups in total. The van der Waals surface area contributed by atoms with E-state index in [-0.39, 0.29) is 29.5 Å². The molecule has 4 heteroatoms. The highest BCUT2D eigenvalue weighted by molar-refractivity contribution is 6.23. The average Bonchev–Trinajstić information content (AvgIpc) is 2.47. The van der Waals surface area contributed by atoms with Crippen LogP contribution in [0.2, 0.25) is 0 Å².